The van der Waals surface area contributed by atoms with Gasteiger partial charge in [0.25, 0.3) is 5.56 Å². The van der Waals surface area contributed by atoms with E-state index in [0.29, 0.717) is 0 Å². The van der Waals surface area contributed by atoms with Crippen molar-refractivity contribution in [2.75, 3.05) is 35.9 Å². The third-order valence-electron chi connectivity index (χ3n) is 4.20. The van der Waals surface area contributed by atoms with E-state index in [0.717, 1.165) is 0 Å². The van der Waals surface area contributed by atoms with Crippen LogP contribution in [0.3, 0.4) is 0 Å². The van der Waals surface area contributed by atoms with Gasteiger partial charge in [-0.25, -0.2) is 9.13 Å². The number of phosphoric ester groups is 2. The van der Waals surface area contributed by atoms with Crippen molar-refractivity contribution in [3.63, 3.8) is 0 Å². The summed E-state index contributed by atoms with van der Waals surface area (Å²) in [5.74, 6) is -0.185. The molecule has 0 aliphatic carbocycles. The first-order chi connectivity index (χ1) is 13.3. The lowest BCUT2D eigenvalue weighted by Crippen LogP contribution is -2.46. The third-order valence-corrected chi connectivity index (χ3v) is 5.20. The van der Waals surface area contributed by atoms with Crippen LogP contribution in [0, 0.1) is 0 Å². The van der Waals surface area contributed by atoms with Crippen molar-refractivity contribution in [2.24, 2.45) is 0 Å². The molecule has 1 fully saturated rings. The van der Waals surface area contributed by atoms with Crippen molar-refractivity contribution in [1.29, 1.82) is 0 Å². The Morgan fingerprint density at radius 1 is 1.31 bits per heavy atom. The molecule has 0 bridgehead atoms. The van der Waals surface area contributed by atoms with E-state index in [4.69, 9.17) is 30.0 Å². The summed E-state index contributed by atoms with van der Waals surface area (Å²) >= 11 is 0. The molecule has 1 aromatic rings. The van der Waals surface area contributed by atoms with Crippen LogP contribution < -0.4 is 21.1 Å². The summed E-state index contributed by atoms with van der Waals surface area (Å²) < 4.78 is 36.6. The molecule has 164 valence electrons. The number of phosphoric acid groups is 2. The van der Waals surface area contributed by atoms with Crippen LogP contribution in [0.15, 0.2) is 4.79 Å². The number of nitrogens with two attached hydrogens (primary N) is 1. The van der Waals surface area contributed by atoms with Gasteiger partial charge in [0, 0.05) is 7.05 Å². The smallest absolute Gasteiger partial charge is 0.386 e. The van der Waals surface area contributed by atoms with Gasteiger partial charge in [-0.2, -0.15) is 4.98 Å². The van der Waals surface area contributed by atoms with E-state index < -0.39 is 52.4 Å². The molecule has 1 aromatic heterocycles. The lowest BCUT2D eigenvalue weighted by molar-refractivity contribution is -0.0214. The fourth-order valence-corrected chi connectivity index (χ4v) is 4.07. The first-order valence-electron chi connectivity index (χ1n) is 7.92. The van der Waals surface area contributed by atoms with E-state index in [1.165, 1.54) is 9.80 Å². The van der Waals surface area contributed by atoms with Crippen LogP contribution in [-0.2, 0) is 22.9 Å². The first-order valence-corrected chi connectivity index (χ1v) is 11.0. The molecule has 16 nitrogen and oxygen atoms in total. The number of nitrogens with zero attached hydrogens (tertiary/aromatic N) is 3. The fourth-order valence-electron chi connectivity index (χ4n) is 3.15. The zero-order valence-corrected chi connectivity index (χ0v) is 16.5. The second-order valence-electron chi connectivity index (χ2n) is 6.34. The number of aliphatic hydroxyl groups excluding tert-OH is 1. The first kappa shape index (κ1) is 22.1. The zero-order chi connectivity index (χ0) is 21.7. The molecule has 8 N–H and O–H groups in total. The number of hydrogen-bond donors (Lipinski definition) is 7. The van der Waals surface area contributed by atoms with Gasteiger partial charge in [0.05, 0.1) is 13.3 Å². The number of fused-ring (bicyclic) bond motifs is 1. The molecule has 3 rings (SSSR count). The van der Waals surface area contributed by atoms with Crippen LogP contribution in [0.25, 0.3) is 0 Å². The highest BCUT2D eigenvalue weighted by molar-refractivity contribution is 7.46. The van der Waals surface area contributed by atoms with Crippen LogP contribution >= 0.6 is 15.6 Å². The largest absolute Gasteiger partial charge is 0.470 e. The van der Waals surface area contributed by atoms with Gasteiger partial charge >= 0.3 is 15.6 Å². The predicted octanol–water partition coefficient (Wildman–Crippen LogP) is -2.76. The third kappa shape index (κ3) is 4.78. The van der Waals surface area contributed by atoms with E-state index in [2.05, 4.69) is 19.0 Å². The molecule has 0 saturated carbocycles. The molecule has 1 saturated heterocycles. The zero-order valence-electron chi connectivity index (χ0n) is 14.7. The number of aromatic nitrogens is 2. The second kappa shape index (κ2) is 7.59. The number of nitrogens with one attached hydrogen (secondary N) is 1. The van der Waals surface area contributed by atoms with Crippen molar-refractivity contribution in [2.45, 2.75) is 24.5 Å². The normalized spacial score (nSPS) is 27.5. The maximum absolute atomic E-state index is 12.1. The number of nitrogen functional groups attached to an aromatic ring is 1. The van der Waals surface area contributed by atoms with Crippen LogP contribution in [0.2, 0.25) is 0 Å². The maximum Gasteiger partial charge on any atom is 0.470 e. The Labute approximate surface area is 162 Å². The van der Waals surface area contributed by atoms with E-state index in [1.54, 1.807) is 7.05 Å². The standard InChI is InChI=1S/C11H19N5O11P2/c1-15-3-16(8-5(15)9(18)14-11(12)13-8)10-6(17)7(27-29(22,23)24)4(26-10)2-25-28(19,20)21/h4,6-7,10,17H,2-3H2,1H3,(H2,19,20,21)(H2,22,23,24)(H3,12,13,14,18)/t4-,6-,7-,10-/m1/s1. The van der Waals surface area contributed by atoms with Crippen LogP contribution in [0.4, 0.5) is 17.5 Å². The van der Waals surface area contributed by atoms with Gasteiger partial charge in [0.2, 0.25) is 5.95 Å². The van der Waals surface area contributed by atoms with Gasteiger partial charge in [-0.15, -0.1) is 0 Å². The maximum atomic E-state index is 12.1. The minimum Gasteiger partial charge on any atom is -0.386 e. The molecule has 0 unspecified atom stereocenters. The predicted molar refractivity (Wildman–Crippen MR) is 94.6 cm³/mol. The summed E-state index contributed by atoms with van der Waals surface area (Å²) in [7, 11) is -8.51. The molecule has 4 atom stereocenters. The molecular weight excluding hydrogens is 440 g/mol. The Morgan fingerprint density at radius 2 is 1.97 bits per heavy atom. The number of aliphatic hydroxyl groups is 1. The Hall–Kier alpha value is -1.58. The van der Waals surface area contributed by atoms with E-state index in [9.17, 15) is 19.0 Å². The highest BCUT2D eigenvalue weighted by Crippen LogP contribution is 2.45. The van der Waals surface area contributed by atoms with Gasteiger partial charge in [0.1, 0.15) is 24.0 Å². The summed E-state index contributed by atoms with van der Waals surface area (Å²) in [4.78, 5) is 57.1. The van der Waals surface area contributed by atoms with Crippen LogP contribution in [-0.4, -0.2) is 79.5 Å². The van der Waals surface area contributed by atoms with Gasteiger partial charge in [-0.1, -0.05) is 0 Å². The molecule has 2 aliphatic heterocycles. The molecular formula is C11H19N5O11P2. The summed E-state index contributed by atoms with van der Waals surface area (Å²) in [6, 6.07) is 0. The van der Waals surface area contributed by atoms with Gasteiger partial charge in [-0.05, 0) is 0 Å². The SMILES string of the molecule is CN1CN([C@@H]2O[C@H](COP(=O)(O)O)[C@@H](OP(=O)(O)O)[C@H]2O)c2nc(N)[nH]c(=O)c21. The lowest BCUT2D eigenvalue weighted by Gasteiger charge is -2.27. The molecule has 0 amide bonds. The Morgan fingerprint density at radius 3 is 2.55 bits per heavy atom. The second-order valence-corrected chi connectivity index (χ2v) is 8.77. The highest BCUT2D eigenvalue weighted by Gasteiger charge is 2.52. The average molecular weight is 459 g/mol. The summed E-state index contributed by atoms with van der Waals surface area (Å²) in [6.07, 6.45) is -6.24. The van der Waals surface area contributed by atoms with Crippen molar-refractivity contribution in [3.05, 3.63) is 10.4 Å². The topological polar surface area (TPSA) is 241 Å². The van der Waals surface area contributed by atoms with Crippen molar-refractivity contribution < 1.29 is 47.6 Å². The molecule has 0 aromatic carbocycles. The minimum atomic E-state index is -5.12. The van der Waals surface area contributed by atoms with Crippen molar-refractivity contribution in [3.8, 4) is 0 Å². The molecule has 0 spiro atoms. The monoisotopic (exact) mass is 459 g/mol. The van der Waals surface area contributed by atoms with Gasteiger partial charge < -0.3 is 45.0 Å². The van der Waals surface area contributed by atoms with Gasteiger partial charge in [0.15, 0.2) is 12.0 Å². The van der Waals surface area contributed by atoms with Crippen molar-refractivity contribution >= 4 is 33.1 Å². The number of rotatable bonds is 6. The number of H-pyrrole nitrogens is 1. The number of aromatic amines is 1. The van der Waals surface area contributed by atoms with Crippen LogP contribution in [0.1, 0.15) is 0 Å². The summed E-state index contributed by atoms with van der Waals surface area (Å²) in [5.41, 5.74) is 5.10. The molecule has 3 heterocycles. The number of hydrogen-bond acceptors (Lipinski definition) is 11. The highest BCUT2D eigenvalue weighted by atomic mass is 31.2. The molecule has 29 heavy (non-hydrogen) atoms. The van der Waals surface area contributed by atoms with E-state index in [1.807, 2.05) is 0 Å². The lowest BCUT2D eigenvalue weighted by atomic mass is 10.1. The van der Waals surface area contributed by atoms with E-state index >= 15 is 0 Å². The van der Waals surface area contributed by atoms with Crippen molar-refractivity contribution in [1.82, 2.24) is 9.97 Å². The average Bonchev–Trinajstić information content (AvgIpc) is 3.02. The number of ether oxygens (including phenoxy) is 1. The van der Waals surface area contributed by atoms with Crippen LogP contribution in [0.5, 0.6) is 0 Å². The fraction of sp³-hybridized carbons (Fsp3) is 0.636. The van der Waals surface area contributed by atoms with E-state index in [-0.39, 0.29) is 24.1 Å². The Kier molecular flexibility index (Phi) is 5.79. The molecule has 0 radical (unpaired) electrons. The quantitative estimate of drug-likeness (QED) is 0.213. The summed E-state index contributed by atoms with van der Waals surface area (Å²) in [5, 5.41) is 10.6. The molecule has 2 aliphatic rings. The minimum absolute atomic E-state index is 0.0225. The Bertz CT molecular complexity index is 930. The Balaban J connectivity index is 1.92. The number of anilines is 3. The summed E-state index contributed by atoms with van der Waals surface area (Å²) in [6.45, 7) is -0.866. The van der Waals surface area contributed by atoms with Gasteiger partial charge in [-0.3, -0.25) is 18.8 Å². The molecule has 18 heteroatoms.